The second kappa shape index (κ2) is 9.05. The Morgan fingerprint density at radius 1 is 1.29 bits per heavy atom. The van der Waals surface area contributed by atoms with Crippen LogP contribution in [0.3, 0.4) is 0 Å². The third kappa shape index (κ3) is 4.68. The van der Waals surface area contributed by atoms with Gasteiger partial charge in [-0.15, -0.1) is 5.10 Å². The van der Waals surface area contributed by atoms with Crippen LogP contribution in [0.25, 0.3) is 11.6 Å². The molecule has 0 aliphatic heterocycles. The number of methoxy groups -OCH3 is 2. The number of fused-ring (bicyclic) bond motifs is 2. The second-order valence-electron chi connectivity index (χ2n) is 6.15. The minimum Gasteiger partial charge on any atom is -0.496 e. The predicted octanol–water partition coefficient (Wildman–Crippen LogP) is -0.244. The first-order valence-corrected chi connectivity index (χ1v) is 8.48. The van der Waals surface area contributed by atoms with Crippen molar-refractivity contribution >= 4 is 23.6 Å². The van der Waals surface area contributed by atoms with E-state index in [1.165, 1.54) is 5.57 Å². The summed E-state index contributed by atoms with van der Waals surface area (Å²) >= 11 is 0. The summed E-state index contributed by atoms with van der Waals surface area (Å²) in [4.78, 5) is 19.1. The Balaban J connectivity index is 0.000000300. The Morgan fingerprint density at radius 3 is 2.43 bits per heavy atom. The van der Waals surface area contributed by atoms with Crippen LogP contribution < -0.4 is 21.0 Å². The second-order valence-corrected chi connectivity index (χ2v) is 6.15. The number of aromatic nitrogens is 2. The van der Waals surface area contributed by atoms with Crippen LogP contribution in [-0.2, 0) is 20.9 Å². The van der Waals surface area contributed by atoms with Crippen LogP contribution >= 0.6 is 0 Å². The van der Waals surface area contributed by atoms with Crippen LogP contribution in [0, 0.1) is 0 Å². The molecule has 0 saturated carbocycles. The Kier molecular flexibility index (Phi) is 6.78. The van der Waals surface area contributed by atoms with E-state index in [1.807, 2.05) is 17.7 Å². The molecule has 1 aromatic heterocycles. The van der Waals surface area contributed by atoms with Gasteiger partial charge in [0.2, 0.25) is 5.88 Å². The van der Waals surface area contributed by atoms with Gasteiger partial charge in [-0.05, 0) is 31.1 Å². The van der Waals surface area contributed by atoms with Crippen LogP contribution in [0.4, 0.5) is 0 Å². The van der Waals surface area contributed by atoms with E-state index in [2.05, 4.69) is 17.3 Å². The van der Waals surface area contributed by atoms with Crippen molar-refractivity contribution < 1.29 is 29.3 Å². The molecule has 150 valence electrons. The van der Waals surface area contributed by atoms with Crippen molar-refractivity contribution in [1.29, 1.82) is 0 Å². The van der Waals surface area contributed by atoms with Gasteiger partial charge >= 0.3 is 11.9 Å². The molecule has 3 rings (SSSR count). The lowest BCUT2D eigenvalue weighted by Crippen LogP contribution is -2.33. The van der Waals surface area contributed by atoms with Crippen molar-refractivity contribution in [3.8, 4) is 5.88 Å². The highest BCUT2D eigenvalue weighted by Crippen LogP contribution is 2.29. The first-order valence-electron chi connectivity index (χ1n) is 8.48. The van der Waals surface area contributed by atoms with Gasteiger partial charge in [0.15, 0.2) is 0 Å². The van der Waals surface area contributed by atoms with Crippen LogP contribution in [-0.4, -0.2) is 52.2 Å². The average molecular weight is 389 g/mol. The maximum Gasteiger partial charge on any atom is 0.328 e. The number of carbonyl (C=O) groups is 2. The molecule has 1 aromatic rings. The number of hydrogen-bond donors (Lipinski definition) is 3. The summed E-state index contributed by atoms with van der Waals surface area (Å²) in [6.07, 6.45) is 8.21. The number of rotatable bonds is 6. The summed E-state index contributed by atoms with van der Waals surface area (Å²) in [6, 6.07) is 0.0405. The van der Waals surface area contributed by atoms with Gasteiger partial charge in [-0.2, -0.15) is 0 Å². The molecule has 2 aliphatic carbocycles. The van der Waals surface area contributed by atoms with Gasteiger partial charge in [-0.1, -0.05) is 6.08 Å². The van der Waals surface area contributed by atoms with Gasteiger partial charge in [0.05, 0.1) is 31.3 Å². The first-order chi connectivity index (χ1) is 13.3. The number of hydrogen-bond acceptors (Lipinski definition) is 6. The number of nitrogens with two attached hydrogens (primary N) is 1. The first kappa shape index (κ1) is 21.0. The summed E-state index contributed by atoms with van der Waals surface area (Å²) in [6.45, 7) is 2.63. The lowest BCUT2D eigenvalue weighted by atomic mass is 9.99. The molecule has 9 nitrogen and oxygen atoms in total. The summed E-state index contributed by atoms with van der Waals surface area (Å²) in [5.41, 5.74) is 8.24. The summed E-state index contributed by atoms with van der Waals surface area (Å²) < 4.78 is 12.8. The zero-order valence-electron chi connectivity index (χ0n) is 15.9. The molecule has 1 heterocycles. The highest BCUT2D eigenvalue weighted by atomic mass is 16.5. The minimum atomic E-state index is -1.26. The number of aliphatic carboxylic acids is 2. The molecule has 0 unspecified atom stereocenters. The van der Waals surface area contributed by atoms with E-state index >= 15 is 0 Å². The number of carboxylic acids is 2. The van der Waals surface area contributed by atoms with Crippen LogP contribution in [0.5, 0.6) is 5.88 Å². The van der Waals surface area contributed by atoms with Crippen LogP contribution in [0.2, 0.25) is 0 Å². The molecule has 4 N–H and O–H groups in total. The smallest absolute Gasteiger partial charge is 0.328 e. The molecule has 0 aromatic carbocycles. The molecule has 28 heavy (non-hydrogen) atoms. The SMILES string of the molecule is COC1=C2C=c3c(c(OC)nn3C[C@H](C)N)=C2CC=C1.O=C(O)C=CC(=O)O. The summed E-state index contributed by atoms with van der Waals surface area (Å²) in [7, 11) is 3.34. The molecule has 0 fully saturated rings. The third-order valence-corrected chi connectivity index (χ3v) is 3.97. The van der Waals surface area contributed by atoms with E-state index < -0.39 is 11.9 Å². The number of carboxylic acid groups (broad SMARTS) is 2. The topological polar surface area (TPSA) is 137 Å². The van der Waals surface area contributed by atoms with E-state index in [-0.39, 0.29) is 6.04 Å². The Labute approximate surface area is 161 Å². The lowest BCUT2D eigenvalue weighted by molar-refractivity contribution is -0.134. The molecule has 2 aliphatic rings. The summed E-state index contributed by atoms with van der Waals surface area (Å²) in [5.74, 6) is -0.968. The van der Waals surface area contributed by atoms with Gasteiger partial charge in [0, 0.05) is 23.8 Å². The van der Waals surface area contributed by atoms with Crippen molar-refractivity contribution in [2.24, 2.45) is 5.73 Å². The van der Waals surface area contributed by atoms with Gasteiger partial charge < -0.3 is 25.4 Å². The number of nitrogens with zero attached hydrogens (tertiary/aromatic N) is 2. The van der Waals surface area contributed by atoms with Crippen molar-refractivity contribution in [3.05, 3.63) is 46.2 Å². The zero-order valence-corrected chi connectivity index (χ0v) is 15.9. The molecule has 0 spiro atoms. The Bertz CT molecular complexity index is 966. The monoisotopic (exact) mass is 389 g/mol. The molecular weight excluding hydrogens is 366 g/mol. The van der Waals surface area contributed by atoms with Crippen molar-refractivity contribution in [3.63, 3.8) is 0 Å². The largest absolute Gasteiger partial charge is 0.496 e. The zero-order chi connectivity index (χ0) is 20.8. The maximum atomic E-state index is 9.55. The van der Waals surface area contributed by atoms with E-state index in [4.69, 9.17) is 25.4 Å². The van der Waals surface area contributed by atoms with Crippen molar-refractivity contribution in [2.75, 3.05) is 14.2 Å². The van der Waals surface area contributed by atoms with Gasteiger partial charge in [0.25, 0.3) is 0 Å². The highest BCUT2D eigenvalue weighted by molar-refractivity contribution is 5.89. The molecule has 1 atom stereocenters. The lowest BCUT2D eigenvalue weighted by Gasteiger charge is -2.13. The van der Waals surface area contributed by atoms with E-state index in [0.29, 0.717) is 24.6 Å². The predicted molar refractivity (Wildman–Crippen MR) is 102 cm³/mol. The normalized spacial score (nSPS) is 15.4. The quantitative estimate of drug-likeness (QED) is 0.567. The van der Waals surface area contributed by atoms with Gasteiger partial charge in [-0.3, -0.25) is 4.68 Å². The molecule has 0 amide bonds. The van der Waals surface area contributed by atoms with E-state index in [9.17, 15) is 9.59 Å². The molecule has 0 radical (unpaired) electrons. The number of ether oxygens (including phenoxy) is 2. The third-order valence-electron chi connectivity index (χ3n) is 3.97. The Morgan fingerprint density at radius 2 is 1.93 bits per heavy atom. The fraction of sp³-hybridized carbons (Fsp3) is 0.316. The fourth-order valence-electron chi connectivity index (χ4n) is 2.92. The van der Waals surface area contributed by atoms with E-state index in [1.54, 1.807) is 14.2 Å². The molecule has 9 heteroatoms. The standard InChI is InChI=1S/C15H19N3O2.C4H4O4/c1-9(16)8-18-12-7-11-10(5-4-6-13(11)19-2)14(12)15(17-18)20-3;5-3(6)1-2-4(7)8/h4,6-7,9H,5,8,16H2,1-3H3;1-2H,(H,5,6)(H,7,8)/t9-;/m0./s1. The summed E-state index contributed by atoms with van der Waals surface area (Å²) in [5, 5.41) is 22.3. The Hall–Kier alpha value is -3.33. The molecule has 0 saturated heterocycles. The highest BCUT2D eigenvalue weighted by Gasteiger charge is 2.23. The van der Waals surface area contributed by atoms with Crippen LogP contribution in [0.15, 0.2) is 35.6 Å². The average Bonchev–Trinajstić information content (AvgIpc) is 3.17. The van der Waals surface area contributed by atoms with Crippen molar-refractivity contribution in [2.45, 2.75) is 25.9 Å². The minimum absolute atomic E-state index is 0.0405. The maximum absolute atomic E-state index is 9.55. The van der Waals surface area contributed by atoms with Crippen molar-refractivity contribution in [1.82, 2.24) is 9.78 Å². The molecular formula is C19H23N3O6. The van der Waals surface area contributed by atoms with E-state index in [0.717, 1.165) is 28.3 Å². The van der Waals surface area contributed by atoms with Gasteiger partial charge in [-0.25, -0.2) is 9.59 Å². The number of allylic oxidation sites excluding steroid dienone is 3. The fourth-order valence-corrected chi connectivity index (χ4v) is 2.92. The van der Waals surface area contributed by atoms with Crippen LogP contribution in [0.1, 0.15) is 13.3 Å². The van der Waals surface area contributed by atoms with Gasteiger partial charge in [0.1, 0.15) is 5.76 Å². The molecule has 0 bridgehead atoms.